The first-order chi connectivity index (χ1) is 10.8. The largest absolute Gasteiger partial charge is 0.372 e. The third kappa shape index (κ3) is 4.22. The molecule has 0 aromatic heterocycles. The van der Waals surface area contributed by atoms with Gasteiger partial charge in [0.1, 0.15) is 0 Å². The van der Waals surface area contributed by atoms with E-state index in [1.165, 1.54) is 5.69 Å². The molecule has 0 aliphatic heterocycles. The molecule has 0 bridgehead atoms. The quantitative estimate of drug-likeness (QED) is 0.634. The molecule has 5 nitrogen and oxygen atoms in total. The van der Waals surface area contributed by atoms with Crippen molar-refractivity contribution in [1.82, 2.24) is 0 Å². The van der Waals surface area contributed by atoms with Crippen LogP contribution in [-0.2, 0) is 0 Å². The van der Waals surface area contributed by atoms with Crippen LogP contribution in [-0.4, -0.2) is 20.1 Å². The standard InChI is InChI=1S/C17H21N5/c1-4-22(5-2)17-12-10-16(11-13-17)21-20-15-8-6-14(7-9-15)19-18-3/h6-13H,4-5H2,1-3H3. The van der Waals surface area contributed by atoms with Gasteiger partial charge in [-0.2, -0.15) is 20.5 Å². The monoisotopic (exact) mass is 295 g/mol. The molecule has 0 N–H and O–H groups in total. The van der Waals surface area contributed by atoms with Gasteiger partial charge in [0.2, 0.25) is 0 Å². The summed E-state index contributed by atoms with van der Waals surface area (Å²) in [6, 6.07) is 15.6. The Hall–Kier alpha value is -2.56. The number of anilines is 1. The van der Waals surface area contributed by atoms with Gasteiger partial charge < -0.3 is 4.90 Å². The first-order valence-electron chi connectivity index (χ1n) is 7.43. The number of hydrogen-bond donors (Lipinski definition) is 0. The molecular weight excluding hydrogens is 274 g/mol. The van der Waals surface area contributed by atoms with Crippen LogP contribution in [0.15, 0.2) is 69.0 Å². The molecule has 0 aliphatic carbocycles. The Labute approximate surface area is 131 Å². The molecule has 0 saturated carbocycles. The Morgan fingerprint density at radius 3 is 1.50 bits per heavy atom. The van der Waals surface area contributed by atoms with Crippen LogP contribution in [0.1, 0.15) is 13.8 Å². The van der Waals surface area contributed by atoms with Gasteiger partial charge >= 0.3 is 0 Å². The minimum Gasteiger partial charge on any atom is -0.372 e. The van der Waals surface area contributed by atoms with Crippen molar-refractivity contribution in [3.63, 3.8) is 0 Å². The fourth-order valence-electron chi connectivity index (χ4n) is 2.14. The number of nitrogens with zero attached hydrogens (tertiary/aromatic N) is 5. The molecule has 0 fully saturated rings. The van der Waals surface area contributed by atoms with E-state index in [0.717, 1.165) is 30.2 Å². The van der Waals surface area contributed by atoms with Crippen LogP contribution < -0.4 is 4.90 Å². The molecule has 0 aliphatic rings. The zero-order chi connectivity index (χ0) is 15.8. The van der Waals surface area contributed by atoms with E-state index in [2.05, 4.69) is 51.3 Å². The lowest BCUT2D eigenvalue weighted by Gasteiger charge is -2.20. The Morgan fingerprint density at radius 2 is 1.09 bits per heavy atom. The molecule has 2 aromatic rings. The highest BCUT2D eigenvalue weighted by Gasteiger charge is 2.00. The lowest BCUT2D eigenvalue weighted by atomic mass is 10.2. The highest BCUT2D eigenvalue weighted by Crippen LogP contribution is 2.23. The van der Waals surface area contributed by atoms with Crippen molar-refractivity contribution < 1.29 is 0 Å². The van der Waals surface area contributed by atoms with Crippen molar-refractivity contribution in [2.45, 2.75) is 13.8 Å². The van der Waals surface area contributed by atoms with Gasteiger partial charge in [-0.15, -0.1) is 0 Å². The minimum absolute atomic E-state index is 0.794. The van der Waals surface area contributed by atoms with Crippen LogP contribution in [0.4, 0.5) is 22.7 Å². The van der Waals surface area contributed by atoms with Crippen LogP contribution in [0.3, 0.4) is 0 Å². The van der Waals surface area contributed by atoms with E-state index >= 15 is 0 Å². The summed E-state index contributed by atoms with van der Waals surface area (Å²) in [6.45, 7) is 6.30. The predicted molar refractivity (Wildman–Crippen MR) is 91.1 cm³/mol. The van der Waals surface area contributed by atoms with Gasteiger partial charge in [0.15, 0.2) is 0 Å². The zero-order valence-electron chi connectivity index (χ0n) is 13.3. The van der Waals surface area contributed by atoms with Gasteiger partial charge in [-0.25, -0.2) is 0 Å². The summed E-state index contributed by atoms with van der Waals surface area (Å²) in [4.78, 5) is 2.29. The Balaban J connectivity index is 2.06. The van der Waals surface area contributed by atoms with Crippen molar-refractivity contribution >= 4 is 22.7 Å². The first-order valence-corrected chi connectivity index (χ1v) is 7.43. The molecule has 22 heavy (non-hydrogen) atoms. The van der Waals surface area contributed by atoms with Gasteiger partial charge in [0, 0.05) is 25.8 Å². The molecule has 0 unspecified atom stereocenters. The summed E-state index contributed by atoms with van der Waals surface area (Å²) in [5, 5.41) is 16.2. The normalized spacial score (nSPS) is 11.4. The van der Waals surface area contributed by atoms with Crippen molar-refractivity contribution in [2.24, 2.45) is 20.5 Å². The number of azo groups is 2. The number of benzene rings is 2. The second-order valence-electron chi connectivity index (χ2n) is 4.71. The Bertz CT molecular complexity index is 625. The van der Waals surface area contributed by atoms with Gasteiger partial charge in [0.25, 0.3) is 0 Å². The minimum atomic E-state index is 0.794. The van der Waals surface area contributed by atoms with Gasteiger partial charge in [-0.05, 0) is 62.4 Å². The van der Waals surface area contributed by atoms with Crippen molar-refractivity contribution in [3.8, 4) is 0 Å². The summed E-state index contributed by atoms with van der Waals surface area (Å²) in [5.74, 6) is 0. The molecule has 0 heterocycles. The fraction of sp³-hybridized carbons (Fsp3) is 0.294. The van der Waals surface area contributed by atoms with Crippen molar-refractivity contribution in [3.05, 3.63) is 48.5 Å². The maximum absolute atomic E-state index is 4.26. The molecule has 114 valence electrons. The molecule has 0 amide bonds. The van der Waals surface area contributed by atoms with E-state index in [9.17, 15) is 0 Å². The Kier molecular flexibility index (Phi) is 5.77. The van der Waals surface area contributed by atoms with Crippen molar-refractivity contribution in [1.29, 1.82) is 0 Å². The van der Waals surface area contributed by atoms with Gasteiger partial charge in [-0.1, -0.05) is 0 Å². The molecule has 2 aromatic carbocycles. The van der Waals surface area contributed by atoms with Gasteiger partial charge in [0.05, 0.1) is 17.1 Å². The molecular formula is C17H21N5. The summed E-state index contributed by atoms with van der Waals surface area (Å²) in [7, 11) is 1.65. The van der Waals surface area contributed by atoms with Crippen LogP contribution in [0.5, 0.6) is 0 Å². The summed E-state index contributed by atoms with van der Waals surface area (Å²) >= 11 is 0. The maximum Gasteiger partial charge on any atom is 0.0858 e. The molecule has 2 rings (SSSR count). The smallest absolute Gasteiger partial charge is 0.0858 e. The number of rotatable bonds is 6. The second kappa shape index (κ2) is 8.02. The van der Waals surface area contributed by atoms with E-state index in [0.29, 0.717) is 0 Å². The third-order valence-corrected chi connectivity index (χ3v) is 3.32. The number of hydrogen-bond acceptors (Lipinski definition) is 5. The van der Waals surface area contributed by atoms with E-state index in [-0.39, 0.29) is 0 Å². The Morgan fingerprint density at radius 1 is 0.682 bits per heavy atom. The lowest BCUT2D eigenvalue weighted by Crippen LogP contribution is -2.21. The van der Waals surface area contributed by atoms with E-state index in [1.807, 2.05) is 36.4 Å². The topological polar surface area (TPSA) is 52.7 Å². The molecule has 0 saturated heterocycles. The summed E-state index contributed by atoms with van der Waals surface area (Å²) in [6.07, 6.45) is 0. The molecule has 0 radical (unpaired) electrons. The predicted octanol–water partition coefficient (Wildman–Crippen LogP) is 5.66. The van der Waals surface area contributed by atoms with Crippen LogP contribution in [0.25, 0.3) is 0 Å². The van der Waals surface area contributed by atoms with Crippen LogP contribution in [0, 0.1) is 0 Å². The van der Waals surface area contributed by atoms with Crippen LogP contribution >= 0.6 is 0 Å². The summed E-state index contributed by atoms with van der Waals surface area (Å²) in [5.41, 5.74) is 3.65. The third-order valence-electron chi connectivity index (χ3n) is 3.32. The average Bonchev–Trinajstić information content (AvgIpc) is 2.57. The van der Waals surface area contributed by atoms with E-state index in [4.69, 9.17) is 0 Å². The molecule has 5 heteroatoms. The zero-order valence-corrected chi connectivity index (χ0v) is 13.3. The second-order valence-corrected chi connectivity index (χ2v) is 4.71. The molecule has 0 spiro atoms. The summed E-state index contributed by atoms with van der Waals surface area (Å²) < 4.78 is 0. The van der Waals surface area contributed by atoms with Crippen LogP contribution in [0.2, 0.25) is 0 Å². The van der Waals surface area contributed by atoms with Crippen molar-refractivity contribution in [2.75, 3.05) is 25.0 Å². The van der Waals surface area contributed by atoms with E-state index in [1.54, 1.807) is 7.05 Å². The SMILES string of the molecule is CCN(CC)c1ccc(N=Nc2ccc(N=NC)cc2)cc1. The highest BCUT2D eigenvalue weighted by molar-refractivity contribution is 5.53. The molecule has 0 atom stereocenters. The average molecular weight is 295 g/mol. The van der Waals surface area contributed by atoms with Gasteiger partial charge in [-0.3, -0.25) is 0 Å². The highest BCUT2D eigenvalue weighted by atomic mass is 15.1. The van der Waals surface area contributed by atoms with E-state index < -0.39 is 0 Å². The lowest BCUT2D eigenvalue weighted by molar-refractivity contribution is 0.866. The fourth-order valence-corrected chi connectivity index (χ4v) is 2.14. The first kappa shape index (κ1) is 15.8. The maximum atomic E-state index is 4.26.